The number of benzene rings is 4. The molecule has 4 fully saturated rings. The van der Waals surface area contributed by atoms with Crippen LogP contribution >= 0.6 is 0 Å². The van der Waals surface area contributed by atoms with Crippen molar-refractivity contribution in [2.24, 2.45) is 5.73 Å². The first-order valence-electron chi connectivity index (χ1n) is 20.7. The lowest BCUT2D eigenvalue weighted by molar-refractivity contribution is -0.120. The van der Waals surface area contributed by atoms with Crippen LogP contribution in [-0.2, 0) is 47.7 Å². The summed E-state index contributed by atoms with van der Waals surface area (Å²) >= 11 is 0. The van der Waals surface area contributed by atoms with E-state index in [4.69, 9.17) is 24.7 Å². The van der Waals surface area contributed by atoms with E-state index in [9.17, 15) is 32.6 Å². The minimum atomic E-state index is -0.947. The Morgan fingerprint density at radius 2 is 1.13 bits per heavy atom. The molecule has 6 unspecified atom stereocenters. The van der Waals surface area contributed by atoms with Crippen molar-refractivity contribution in [2.45, 2.75) is 93.0 Å². The van der Waals surface area contributed by atoms with Crippen molar-refractivity contribution in [3.63, 3.8) is 0 Å². The highest BCUT2D eigenvalue weighted by molar-refractivity contribution is 5.73. The molecule has 4 aliphatic rings. The molecule has 4 aromatic rings. The minimum Gasteiger partial charge on any atom is -0.390 e. The summed E-state index contributed by atoms with van der Waals surface area (Å²) < 4.78 is 75.6. The standard InChI is InChI=1S/C24H28F2N2O4.C22H26F2N2O3/c1-15(29)28-21(9-16-7-19(25)11-20(26)8-16)22(30)12-27-24(5-6-24)18-4-2-3-17(10-18)23-13-31-14-32-23;23-17-6-14(7-18(24)10-17)8-19(25)20(27)11-26-22(4-5-22)16-3-1-2-15(9-16)21-12-28-13-29-21/h2-4,7-8,10-11,21-23,27,30H,5-6,9,12-14H2,1H3,(H,28,29);1-3,6-7,9-10,19-21,26-27H,4-5,8,11-13,25H2. The van der Waals surface area contributed by atoms with Gasteiger partial charge in [0.1, 0.15) is 49.1 Å². The lowest BCUT2D eigenvalue weighted by Crippen LogP contribution is -2.49. The largest absolute Gasteiger partial charge is 0.390 e. The summed E-state index contributed by atoms with van der Waals surface area (Å²) in [5, 5.41) is 30.9. The van der Waals surface area contributed by atoms with Gasteiger partial charge in [-0.3, -0.25) is 4.79 Å². The number of rotatable bonds is 17. The number of nitrogens with two attached hydrogens (primary N) is 1. The molecular formula is C46H54F4N4O7. The van der Waals surface area contributed by atoms with E-state index >= 15 is 0 Å². The van der Waals surface area contributed by atoms with Crippen LogP contribution in [0.3, 0.4) is 0 Å². The molecule has 2 heterocycles. The van der Waals surface area contributed by atoms with E-state index < -0.39 is 47.6 Å². The van der Waals surface area contributed by atoms with Crippen molar-refractivity contribution in [2.75, 3.05) is 39.9 Å². The van der Waals surface area contributed by atoms with Crippen LogP contribution in [0.15, 0.2) is 84.9 Å². The van der Waals surface area contributed by atoms with Crippen LogP contribution in [0.5, 0.6) is 0 Å². The van der Waals surface area contributed by atoms with E-state index in [1.807, 2.05) is 30.3 Å². The Hall–Kier alpha value is -4.29. The number of carbonyl (C=O) groups is 1. The number of ether oxygens (including phenoxy) is 4. The zero-order chi connectivity index (χ0) is 43.1. The molecule has 1 amide bonds. The molecule has 6 atom stereocenters. The lowest BCUT2D eigenvalue weighted by Gasteiger charge is -2.27. The fourth-order valence-corrected chi connectivity index (χ4v) is 8.07. The number of hydrogen-bond donors (Lipinski definition) is 6. The summed E-state index contributed by atoms with van der Waals surface area (Å²) in [5.41, 5.74) is 10.9. The molecule has 15 heteroatoms. The summed E-state index contributed by atoms with van der Waals surface area (Å²) in [6.45, 7) is 3.56. The van der Waals surface area contributed by atoms with Gasteiger partial charge in [0.15, 0.2) is 0 Å². The van der Waals surface area contributed by atoms with Crippen LogP contribution in [0.25, 0.3) is 0 Å². The Bertz CT molecular complexity index is 2070. The Labute approximate surface area is 352 Å². The maximum Gasteiger partial charge on any atom is 0.217 e. The number of aliphatic hydroxyl groups excluding tert-OH is 2. The van der Waals surface area contributed by atoms with Crippen molar-refractivity contribution < 1.29 is 51.5 Å². The minimum absolute atomic E-state index is 0.0450. The molecule has 2 aliphatic heterocycles. The summed E-state index contributed by atoms with van der Waals surface area (Å²) in [6.07, 6.45) is 2.17. The zero-order valence-corrected chi connectivity index (χ0v) is 34.1. The van der Waals surface area contributed by atoms with Crippen molar-refractivity contribution in [1.29, 1.82) is 0 Å². The molecule has 8 rings (SSSR count). The normalized spacial score (nSPS) is 21.8. The number of nitrogens with one attached hydrogen (secondary N) is 3. The van der Waals surface area contributed by atoms with Gasteiger partial charge in [0.25, 0.3) is 0 Å². The number of hydrogen-bond acceptors (Lipinski definition) is 10. The molecule has 0 aromatic heterocycles. The predicted octanol–water partition coefficient (Wildman–Crippen LogP) is 5.22. The van der Waals surface area contributed by atoms with Gasteiger partial charge in [-0.1, -0.05) is 48.5 Å². The van der Waals surface area contributed by atoms with E-state index in [2.05, 4.69) is 34.1 Å². The third-order valence-electron chi connectivity index (χ3n) is 11.8. The van der Waals surface area contributed by atoms with E-state index in [0.29, 0.717) is 44.5 Å². The maximum atomic E-state index is 13.6. The van der Waals surface area contributed by atoms with Crippen LogP contribution in [0.4, 0.5) is 17.6 Å². The van der Waals surface area contributed by atoms with Gasteiger partial charge in [-0.15, -0.1) is 0 Å². The highest BCUT2D eigenvalue weighted by atomic mass is 19.1. The van der Waals surface area contributed by atoms with E-state index in [1.54, 1.807) is 0 Å². The fraction of sp³-hybridized carbons (Fsp3) is 0.457. The molecular weight excluding hydrogens is 797 g/mol. The van der Waals surface area contributed by atoms with Crippen LogP contribution < -0.4 is 21.7 Å². The van der Waals surface area contributed by atoms with Gasteiger partial charge in [-0.2, -0.15) is 0 Å². The maximum absolute atomic E-state index is 13.6. The first-order valence-corrected chi connectivity index (χ1v) is 20.7. The summed E-state index contributed by atoms with van der Waals surface area (Å²) in [6, 6.07) is 21.6. The molecule has 2 aliphatic carbocycles. The monoisotopic (exact) mass is 850 g/mol. The predicted molar refractivity (Wildman–Crippen MR) is 218 cm³/mol. The van der Waals surface area contributed by atoms with Gasteiger partial charge in [-0.25, -0.2) is 17.6 Å². The number of amides is 1. The first kappa shape index (κ1) is 44.8. The zero-order valence-electron chi connectivity index (χ0n) is 34.1. The second-order valence-corrected chi connectivity index (χ2v) is 16.5. The average molecular weight is 851 g/mol. The van der Waals surface area contributed by atoms with Gasteiger partial charge in [-0.05, 0) is 96.2 Å². The van der Waals surface area contributed by atoms with Crippen molar-refractivity contribution >= 4 is 5.91 Å². The number of halogens is 4. The highest BCUT2D eigenvalue weighted by Gasteiger charge is 2.46. The molecule has 7 N–H and O–H groups in total. The topological polar surface area (TPSA) is 157 Å². The van der Waals surface area contributed by atoms with Gasteiger partial charge in [0.2, 0.25) is 5.91 Å². The Kier molecular flexibility index (Phi) is 14.5. The second-order valence-electron chi connectivity index (χ2n) is 16.5. The van der Waals surface area contributed by atoms with Crippen LogP contribution in [0.1, 0.15) is 78.2 Å². The molecule has 328 valence electrons. The lowest BCUT2D eigenvalue weighted by atomic mass is 9.98. The molecule has 61 heavy (non-hydrogen) atoms. The Morgan fingerprint density at radius 1 is 0.689 bits per heavy atom. The first-order chi connectivity index (χ1) is 29.3. The van der Waals surface area contributed by atoms with Crippen molar-refractivity contribution in [1.82, 2.24) is 16.0 Å². The fourth-order valence-electron chi connectivity index (χ4n) is 8.07. The third-order valence-corrected chi connectivity index (χ3v) is 11.8. The molecule has 2 saturated heterocycles. The van der Waals surface area contributed by atoms with Crippen molar-refractivity contribution in [3.05, 3.63) is 142 Å². The number of aliphatic hydroxyl groups is 2. The van der Waals surface area contributed by atoms with Crippen LogP contribution in [0, 0.1) is 23.3 Å². The average Bonchev–Trinajstić information content (AvgIpc) is 4.04. The summed E-state index contributed by atoms with van der Waals surface area (Å²) in [7, 11) is 0. The second kappa shape index (κ2) is 19.8. The van der Waals surface area contributed by atoms with E-state index in [0.717, 1.165) is 60.1 Å². The van der Waals surface area contributed by atoms with Crippen LogP contribution in [-0.4, -0.2) is 80.3 Å². The molecule has 2 saturated carbocycles. The molecule has 0 spiro atoms. The van der Waals surface area contributed by atoms with Gasteiger partial charge >= 0.3 is 0 Å². The quantitative estimate of drug-likeness (QED) is 0.0780. The van der Waals surface area contributed by atoms with Crippen molar-refractivity contribution in [3.8, 4) is 0 Å². The highest BCUT2D eigenvalue weighted by Crippen LogP contribution is 2.47. The van der Waals surface area contributed by atoms with Gasteiger partial charge in [0, 0.05) is 49.3 Å². The summed E-state index contributed by atoms with van der Waals surface area (Å²) in [5.74, 6) is -3.00. The third kappa shape index (κ3) is 12.0. The van der Waals surface area contributed by atoms with Crippen LogP contribution in [0.2, 0.25) is 0 Å². The smallest absolute Gasteiger partial charge is 0.217 e. The number of carbonyl (C=O) groups excluding carboxylic acids is 1. The molecule has 4 aromatic carbocycles. The SMILES string of the molecule is CC(=O)NC(Cc1cc(F)cc(F)c1)C(O)CNC1(c2cccc(C3COCO3)c2)CC1.NC(Cc1cc(F)cc(F)c1)C(O)CNC1(c2cccc(C3COCO3)c2)CC1. The van der Waals surface area contributed by atoms with E-state index in [1.165, 1.54) is 31.2 Å². The van der Waals surface area contributed by atoms with E-state index in [-0.39, 0.29) is 48.6 Å². The van der Waals surface area contributed by atoms with Gasteiger partial charge < -0.3 is 50.8 Å². The Balaban J connectivity index is 0.000000185. The Morgan fingerprint density at radius 3 is 1.54 bits per heavy atom. The molecule has 11 nitrogen and oxygen atoms in total. The summed E-state index contributed by atoms with van der Waals surface area (Å²) in [4.78, 5) is 11.7. The van der Waals surface area contributed by atoms with Gasteiger partial charge in [0.05, 0.1) is 31.5 Å². The molecule has 0 radical (unpaired) electrons. The molecule has 0 bridgehead atoms.